The summed E-state index contributed by atoms with van der Waals surface area (Å²) in [5, 5.41) is 11.0. The Hall–Kier alpha value is -0.900. The van der Waals surface area contributed by atoms with E-state index in [1.54, 1.807) is 0 Å². The van der Waals surface area contributed by atoms with Crippen molar-refractivity contribution >= 4 is 0 Å². The summed E-state index contributed by atoms with van der Waals surface area (Å²) in [6, 6.07) is 8.42. The fourth-order valence-corrected chi connectivity index (χ4v) is 4.01. The molecule has 0 amide bonds. The van der Waals surface area contributed by atoms with E-state index < -0.39 is 5.60 Å². The van der Waals surface area contributed by atoms with Gasteiger partial charge in [-0.1, -0.05) is 24.3 Å². The molecule has 3 nitrogen and oxygen atoms in total. The van der Waals surface area contributed by atoms with Crippen molar-refractivity contribution in [3.8, 4) is 0 Å². The Morgan fingerprint density at radius 3 is 2.79 bits per heavy atom. The third-order valence-electron chi connectivity index (χ3n) is 5.13. The van der Waals surface area contributed by atoms with Crippen LogP contribution in [0.15, 0.2) is 24.3 Å². The van der Waals surface area contributed by atoms with E-state index in [1.165, 1.54) is 11.1 Å². The van der Waals surface area contributed by atoms with E-state index in [2.05, 4.69) is 24.3 Å². The van der Waals surface area contributed by atoms with Gasteiger partial charge in [0.05, 0.1) is 11.7 Å². The number of fused-ring (bicyclic) bond motifs is 1. The first-order valence-corrected chi connectivity index (χ1v) is 7.27. The Morgan fingerprint density at radius 1 is 1.37 bits per heavy atom. The van der Waals surface area contributed by atoms with Crippen LogP contribution < -0.4 is 5.73 Å². The second kappa shape index (κ2) is 4.58. The average molecular weight is 261 g/mol. The molecule has 3 rings (SSSR count). The summed E-state index contributed by atoms with van der Waals surface area (Å²) in [5.74, 6) is 0. The van der Waals surface area contributed by atoms with Crippen molar-refractivity contribution in [3.05, 3.63) is 35.4 Å². The maximum absolute atomic E-state index is 11.0. The van der Waals surface area contributed by atoms with E-state index in [9.17, 15) is 5.11 Å². The summed E-state index contributed by atoms with van der Waals surface area (Å²) < 4.78 is 5.61. The zero-order chi connectivity index (χ0) is 13.5. The Morgan fingerprint density at radius 2 is 2.11 bits per heavy atom. The standard InChI is InChI=1S/C16H23NO2/c1-2-19-13-9-16(18,10-13)15(11-17)8-7-12-5-3-4-6-14(12)15/h3-6,13,18H,2,7-11,17H2,1H3. The molecule has 0 spiro atoms. The Labute approximate surface area is 114 Å². The third-order valence-corrected chi connectivity index (χ3v) is 5.13. The lowest BCUT2D eigenvalue weighted by Crippen LogP contribution is -2.63. The van der Waals surface area contributed by atoms with Crippen LogP contribution in [0.4, 0.5) is 0 Å². The molecule has 104 valence electrons. The minimum Gasteiger partial charge on any atom is -0.389 e. The van der Waals surface area contributed by atoms with Gasteiger partial charge in [-0.15, -0.1) is 0 Å². The number of rotatable bonds is 4. The lowest BCUT2D eigenvalue weighted by atomic mass is 9.57. The van der Waals surface area contributed by atoms with Crippen LogP contribution in [0.2, 0.25) is 0 Å². The van der Waals surface area contributed by atoms with Crippen molar-refractivity contribution in [2.75, 3.05) is 13.2 Å². The second-order valence-corrected chi connectivity index (χ2v) is 5.96. The zero-order valence-electron chi connectivity index (χ0n) is 11.6. The monoisotopic (exact) mass is 261 g/mol. The molecule has 1 fully saturated rings. The highest BCUT2D eigenvalue weighted by Crippen LogP contribution is 2.54. The molecule has 1 aromatic rings. The zero-order valence-corrected chi connectivity index (χ0v) is 11.6. The Kier molecular flexibility index (Phi) is 3.16. The van der Waals surface area contributed by atoms with E-state index in [0.29, 0.717) is 26.0 Å². The normalized spacial score (nSPS) is 36.9. The second-order valence-electron chi connectivity index (χ2n) is 5.96. The molecule has 0 radical (unpaired) electrons. The molecular weight excluding hydrogens is 238 g/mol. The summed E-state index contributed by atoms with van der Waals surface area (Å²) in [6.07, 6.45) is 3.61. The van der Waals surface area contributed by atoms with Crippen molar-refractivity contribution in [3.63, 3.8) is 0 Å². The quantitative estimate of drug-likeness (QED) is 0.868. The van der Waals surface area contributed by atoms with Crippen LogP contribution >= 0.6 is 0 Å². The molecule has 1 aromatic carbocycles. The van der Waals surface area contributed by atoms with E-state index in [0.717, 1.165) is 12.8 Å². The third kappa shape index (κ3) is 1.76. The van der Waals surface area contributed by atoms with Crippen molar-refractivity contribution < 1.29 is 9.84 Å². The van der Waals surface area contributed by atoms with Gasteiger partial charge in [-0.2, -0.15) is 0 Å². The van der Waals surface area contributed by atoms with E-state index >= 15 is 0 Å². The van der Waals surface area contributed by atoms with Crippen LogP contribution in [-0.4, -0.2) is 30.0 Å². The smallest absolute Gasteiger partial charge is 0.0805 e. The summed E-state index contributed by atoms with van der Waals surface area (Å²) in [7, 11) is 0. The largest absolute Gasteiger partial charge is 0.389 e. The maximum atomic E-state index is 11.0. The molecule has 2 aliphatic carbocycles. The van der Waals surface area contributed by atoms with Gasteiger partial charge in [0.15, 0.2) is 0 Å². The van der Waals surface area contributed by atoms with Crippen LogP contribution in [0.1, 0.15) is 37.3 Å². The fourth-order valence-electron chi connectivity index (χ4n) is 4.01. The Balaban J connectivity index is 1.90. The first-order valence-electron chi connectivity index (χ1n) is 7.27. The van der Waals surface area contributed by atoms with Gasteiger partial charge in [-0.25, -0.2) is 0 Å². The maximum Gasteiger partial charge on any atom is 0.0805 e. The number of hydrogen-bond donors (Lipinski definition) is 2. The van der Waals surface area contributed by atoms with Gasteiger partial charge in [0.1, 0.15) is 0 Å². The number of aryl methyl sites for hydroxylation is 1. The van der Waals surface area contributed by atoms with Crippen LogP contribution in [0.3, 0.4) is 0 Å². The average Bonchev–Trinajstić information content (AvgIpc) is 2.77. The predicted molar refractivity (Wildman–Crippen MR) is 75.1 cm³/mol. The molecular formula is C16H23NO2. The van der Waals surface area contributed by atoms with Crippen molar-refractivity contribution in [1.29, 1.82) is 0 Å². The molecule has 3 heteroatoms. The number of ether oxygens (including phenoxy) is 1. The molecule has 0 bridgehead atoms. The minimum absolute atomic E-state index is 0.200. The van der Waals surface area contributed by atoms with Crippen LogP contribution in [-0.2, 0) is 16.6 Å². The van der Waals surface area contributed by atoms with E-state index in [1.807, 2.05) is 6.92 Å². The molecule has 19 heavy (non-hydrogen) atoms. The van der Waals surface area contributed by atoms with Crippen molar-refractivity contribution in [1.82, 2.24) is 0 Å². The Bertz CT molecular complexity index is 468. The molecule has 1 saturated carbocycles. The molecule has 0 aliphatic heterocycles. The van der Waals surface area contributed by atoms with Crippen molar-refractivity contribution in [2.45, 2.75) is 49.7 Å². The van der Waals surface area contributed by atoms with Gasteiger partial charge in [0, 0.05) is 31.4 Å². The SMILES string of the molecule is CCOC1CC(O)(C2(CN)CCc3ccccc32)C1. The summed E-state index contributed by atoms with van der Waals surface area (Å²) in [5.41, 5.74) is 7.75. The van der Waals surface area contributed by atoms with Gasteiger partial charge in [-0.3, -0.25) is 0 Å². The lowest BCUT2D eigenvalue weighted by molar-refractivity contribution is -0.175. The van der Waals surface area contributed by atoms with Gasteiger partial charge < -0.3 is 15.6 Å². The molecule has 1 unspecified atom stereocenters. The lowest BCUT2D eigenvalue weighted by Gasteiger charge is -2.54. The molecule has 3 N–H and O–H groups in total. The first-order chi connectivity index (χ1) is 9.15. The summed E-state index contributed by atoms with van der Waals surface area (Å²) >= 11 is 0. The van der Waals surface area contributed by atoms with Gasteiger partial charge in [-0.05, 0) is 30.9 Å². The van der Waals surface area contributed by atoms with Crippen LogP contribution in [0.25, 0.3) is 0 Å². The molecule has 0 saturated heterocycles. The molecule has 1 atom stereocenters. The fraction of sp³-hybridized carbons (Fsp3) is 0.625. The van der Waals surface area contributed by atoms with Crippen molar-refractivity contribution in [2.24, 2.45) is 5.73 Å². The predicted octanol–water partition coefficient (Wildman–Crippen LogP) is 1.76. The molecule has 0 heterocycles. The number of aliphatic hydroxyl groups is 1. The number of nitrogens with two attached hydrogens (primary N) is 1. The van der Waals surface area contributed by atoms with E-state index in [-0.39, 0.29) is 11.5 Å². The summed E-state index contributed by atoms with van der Waals surface area (Å²) in [6.45, 7) is 3.23. The highest BCUT2D eigenvalue weighted by atomic mass is 16.5. The van der Waals surface area contributed by atoms with Gasteiger partial charge in [0.2, 0.25) is 0 Å². The summed E-state index contributed by atoms with van der Waals surface area (Å²) in [4.78, 5) is 0. The highest BCUT2D eigenvalue weighted by Gasteiger charge is 2.59. The highest BCUT2D eigenvalue weighted by molar-refractivity contribution is 5.43. The van der Waals surface area contributed by atoms with E-state index in [4.69, 9.17) is 10.5 Å². The first kappa shape index (κ1) is 13.1. The minimum atomic E-state index is -0.686. The number of benzene rings is 1. The topological polar surface area (TPSA) is 55.5 Å². The molecule has 2 aliphatic rings. The number of hydrogen-bond acceptors (Lipinski definition) is 3. The van der Waals surface area contributed by atoms with Crippen LogP contribution in [0.5, 0.6) is 0 Å². The van der Waals surface area contributed by atoms with Gasteiger partial charge >= 0.3 is 0 Å². The molecule has 0 aromatic heterocycles. The van der Waals surface area contributed by atoms with Gasteiger partial charge in [0.25, 0.3) is 0 Å². The van der Waals surface area contributed by atoms with Crippen LogP contribution in [0, 0.1) is 0 Å².